The van der Waals surface area contributed by atoms with Gasteiger partial charge in [0.1, 0.15) is 6.10 Å². The number of nitrogens with one attached hydrogen (secondary N) is 1. The largest absolute Gasteiger partial charge is 0.462 e. The number of hydrogen-bond donors (Lipinski definition) is 1. The van der Waals surface area contributed by atoms with Crippen LogP contribution in [0.3, 0.4) is 0 Å². The third-order valence-electron chi connectivity index (χ3n) is 5.94. The first-order chi connectivity index (χ1) is 20.4. The molecule has 1 aliphatic rings. The smallest absolute Gasteiger partial charge is 0.347 e. The van der Waals surface area contributed by atoms with Crippen molar-refractivity contribution in [1.29, 1.82) is 0 Å². The molecule has 43 heavy (non-hydrogen) atoms. The zero-order valence-corrected chi connectivity index (χ0v) is 24.8. The molecule has 5 atom stereocenters. The van der Waals surface area contributed by atoms with Crippen LogP contribution in [0.15, 0.2) is 72.4 Å². The molecule has 0 saturated carbocycles. The lowest BCUT2D eigenvalue weighted by Gasteiger charge is -2.43. The highest BCUT2D eigenvalue weighted by atomic mass is 32.2. The third kappa shape index (κ3) is 9.36. The Morgan fingerprint density at radius 3 is 1.70 bits per heavy atom. The van der Waals surface area contributed by atoms with Crippen LogP contribution >= 0.6 is 0 Å². The number of ether oxygens (including phenoxy) is 5. The highest BCUT2D eigenvalue weighted by Gasteiger charge is 2.51. The lowest BCUT2D eigenvalue weighted by Crippen LogP contribution is -2.63. The Bertz CT molecular complexity index is 1390. The molecule has 0 bridgehead atoms. The van der Waals surface area contributed by atoms with E-state index in [0.29, 0.717) is 0 Å². The molecule has 1 fully saturated rings. The van der Waals surface area contributed by atoms with E-state index in [0.717, 1.165) is 12.5 Å². The van der Waals surface area contributed by atoms with Gasteiger partial charge in [-0.3, -0.25) is 4.18 Å². The molecule has 0 aromatic heterocycles. The number of hydrogen-bond acceptors (Lipinski definition) is 13. The lowest BCUT2D eigenvalue weighted by atomic mass is 9.98. The maximum atomic E-state index is 13.2. The van der Waals surface area contributed by atoms with Crippen molar-refractivity contribution in [3.63, 3.8) is 0 Å². The van der Waals surface area contributed by atoms with Gasteiger partial charge in [0.25, 0.3) is 10.1 Å². The first kappa shape index (κ1) is 33.2. The second kappa shape index (κ2) is 15.3. The highest BCUT2D eigenvalue weighted by molar-refractivity contribution is 7.86. The number of esters is 4. The van der Waals surface area contributed by atoms with Gasteiger partial charge in [0.05, 0.1) is 36.7 Å². The van der Waals surface area contributed by atoms with Crippen LogP contribution in [-0.4, -0.2) is 82.4 Å². The molecule has 0 unspecified atom stereocenters. The van der Waals surface area contributed by atoms with Gasteiger partial charge in [-0.15, -0.1) is 0 Å². The van der Waals surface area contributed by atoms with Crippen molar-refractivity contribution in [2.75, 3.05) is 19.5 Å². The van der Waals surface area contributed by atoms with Gasteiger partial charge in [-0.25, -0.2) is 19.2 Å². The van der Waals surface area contributed by atoms with E-state index in [1.165, 1.54) is 31.2 Å². The van der Waals surface area contributed by atoms with Crippen LogP contribution < -0.4 is 5.32 Å². The first-order valence-corrected chi connectivity index (χ1v) is 15.1. The van der Waals surface area contributed by atoms with E-state index in [1.54, 1.807) is 50.2 Å². The van der Waals surface area contributed by atoms with E-state index in [2.05, 4.69) is 5.32 Å². The molecule has 0 spiro atoms. The summed E-state index contributed by atoms with van der Waals surface area (Å²) in [6.45, 7) is 4.47. The van der Waals surface area contributed by atoms with Crippen LogP contribution in [0, 0.1) is 0 Å². The van der Waals surface area contributed by atoms with Crippen molar-refractivity contribution in [3.8, 4) is 0 Å². The van der Waals surface area contributed by atoms with Gasteiger partial charge in [0, 0.05) is 6.20 Å². The molecule has 0 amide bonds. The Labute approximate surface area is 249 Å². The summed E-state index contributed by atoms with van der Waals surface area (Å²) in [7, 11) is -4.14. The summed E-state index contributed by atoms with van der Waals surface area (Å²) in [5.74, 6) is -3.73. The van der Waals surface area contributed by atoms with Crippen LogP contribution in [0.4, 0.5) is 0 Å². The highest BCUT2D eigenvalue weighted by Crippen LogP contribution is 2.30. The topological polar surface area (TPSA) is 170 Å². The maximum absolute atomic E-state index is 13.2. The third-order valence-corrected chi connectivity index (χ3v) is 6.52. The Morgan fingerprint density at radius 2 is 1.26 bits per heavy atom. The molecular weight excluding hydrogens is 586 g/mol. The van der Waals surface area contributed by atoms with Crippen LogP contribution in [0.25, 0.3) is 0 Å². The molecule has 1 aliphatic heterocycles. The van der Waals surface area contributed by atoms with Gasteiger partial charge >= 0.3 is 23.9 Å². The number of carbonyl (C=O) groups is 4. The van der Waals surface area contributed by atoms with Gasteiger partial charge in [-0.05, 0) is 45.0 Å². The molecular formula is C29H33NO12S. The summed E-state index contributed by atoms with van der Waals surface area (Å²) in [6.07, 6.45) is -5.30. The number of benzene rings is 2. The molecule has 0 aliphatic carbocycles. The summed E-state index contributed by atoms with van der Waals surface area (Å²) in [5.41, 5.74) is -0.271. The fraction of sp³-hybridized carbons (Fsp3) is 0.379. The predicted molar refractivity (Wildman–Crippen MR) is 150 cm³/mol. The Hall–Kier alpha value is -4.27. The molecule has 2 aromatic carbocycles. The second-order valence-electron chi connectivity index (χ2n) is 9.16. The molecule has 0 radical (unpaired) electrons. The van der Waals surface area contributed by atoms with Crippen molar-refractivity contribution >= 4 is 34.0 Å². The van der Waals surface area contributed by atoms with E-state index in [9.17, 15) is 27.6 Å². The van der Waals surface area contributed by atoms with Gasteiger partial charge in [-0.1, -0.05) is 36.4 Å². The molecule has 232 valence electrons. The van der Waals surface area contributed by atoms with Gasteiger partial charge in [0.15, 0.2) is 24.0 Å². The minimum absolute atomic E-state index is 0.0358. The van der Waals surface area contributed by atoms with Crippen LogP contribution in [0.5, 0.6) is 0 Å². The van der Waals surface area contributed by atoms with E-state index in [1.807, 2.05) is 0 Å². The van der Waals surface area contributed by atoms with Crippen molar-refractivity contribution in [3.05, 3.63) is 83.6 Å². The summed E-state index contributed by atoms with van der Waals surface area (Å²) in [4.78, 5) is 51.4. The fourth-order valence-electron chi connectivity index (χ4n) is 4.06. The minimum Gasteiger partial charge on any atom is -0.462 e. The molecule has 1 N–H and O–H groups in total. The van der Waals surface area contributed by atoms with Crippen LogP contribution in [-0.2, 0) is 47.6 Å². The average Bonchev–Trinajstić information content (AvgIpc) is 2.97. The number of carbonyl (C=O) groups excluding carboxylic acids is 4. The van der Waals surface area contributed by atoms with Gasteiger partial charge in [-0.2, -0.15) is 8.42 Å². The lowest BCUT2D eigenvalue weighted by molar-refractivity contribution is -0.215. The first-order valence-electron chi connectivity index (χ1n) is 13.3. The normalized spacial score (nSPS) is 21.5. The van der Waals surface area contributed by atoms with Gasteiger partial charge in [0.2, 0.25) is 0 Å². The molecule has 2 aromatic rings. The van der Waals surface area contributed by atoms with Gasteiger partial charge < -0.3 is 29.0 Å². The predicted octanol–water partition coefficient (Wildman–Crippen LogP) is 2.13. The quantitative estimate of drug-likeness (QED) is 0.0916. The van der Waals surface area contributed by atoms with E-state index < -0.39 is 70.2 Å². The minimum atomic E-state index is -4.14. The van der Waals surface area contributed by atoms with E-state index >= 15 is 0 Å². The summed E-state index contributed by atoms with van der Waals surface area (Å²) < 4.78 is 57.0. The zero-order chi connectivity index (χ0) is 31.6. The molecule has 3 rings (SSSR count). The standard InChI is InChI=1S/C29H33NO12S/c1-5-37-28(33)21(29(34)38-6-2)17-30-25-24(41-27(32)20-15-11-8-12-16-20)23(22(18(3)39-25)42-43(4,35)36)40-26(31)19-13-9-7-10-14-19/h7-18,22-25,30H,5-6H2,1-4H3/t18-,22-,23+,24+,25-/m0/s1. The summed E-state index contributed by atoms with van der Waals surface area (Å²) in [6, 6.07) is 15.7. The van der Waals surface area contributed by atoms with Crippen molar-refractivity contribution < 1.29 is 55.5 Å². The average molecular weight is 620 g/mol. The van der Waals surface area contributed by atoms with Crippen LogP contribution in [0.1, 0.15) is 41.5 Å². The Balaban J connectivity index is 2.07. The second-order valence-corrected chi connectivity index (χ2v) is 10.8. The monoisotopic (exact) mass is 619 g/mol. The zero-order valence-electron chi connectivity index (χ0n) is 24.0. The maximum Gasteiger partial charge on any atom is 0.347 e. The SMILES string of the molecule is CCOC(=O)C(=CN[C@H]1O[C@@H](C)[C@H](OS(C)(=O)=O)[C@@H](OC(=O)c2ccccc2)[C@H]1OC(=O)c1ccccc1)C(=O)OCC. The Morgan fingerprint density at radius 1 is 0.791 bits per heavy atom. The summed E-state index contributed by atoms with van der Waals surface area (Å²) in [5, 5.41) is 2.70. The van der Waals surface area contributed by atoms with Crippen molar-refractivity contribution in [1.82, 2.24) is 5.32 Å². The van der Waals surface area contributed by atoms with Crippen LogP contribution in [0.2, 0.25) is 0 Å². The summed E-state index contributed by atoms with van der Waals surface area (Å²) >= 11 is 0. The van der Waals surface area contributed by atoms with Crippen molar-refractivity contribution in [2.45, 2.75) is 51.4 Å². The van der Waals surface area contributed by atoms with Crippen molar-refractivity contribution in [2.24, 2.45) is 0 Å². The Kier molecular flexibility index (Phi) is 11.8. The molecule has 13 nitrogen and oxygen atoms in total. The van der Waals surface area contributed by atoms with E-state index in [4.69, 9.17) is 27.9 Å². The number of rotatable bonds is 12. The molecule has 14 heteroatoms. The van der Waals surface area contributed by atoms with E-state index in [-0.39, 0.29) is 24.3 Å². The molecule has 1 saturated heterocycles. The fourth-order valence-corrected chi connectivity index (χ4v) is 4.73. The molecule has 1 heterocycles.